The summed E-state index contributed by atoms with van der Waals surface area (Å²) in [5.41, 5.74) is 3.22. The molecular formula is C15H18N4O5. The molecule has 0 saturated carbocycles. The zero-order chi connectivity index (χ0) is 17.5. The number of H-pyrrole nitrogens is 1. The summed E-state index contributed by atoms with van der Waals surface area (Å²) < 4.78 is 0. The molecule has 3 atom stereocenters. The molecule has 24 heavy (non-hydrogen) atoms. The molecule has 0 bridgehead atoms. The highest BCUT2D eigenvalue weighted by Gasteiger charge is 2.22. The molecule has 0 unspecified atom stereocenters. The summed E-state index contributed by atoms with van der Waals surface area (Å²) in [4.78, 5) is 18.3. The van der Waals surface area contributed by atoms with E-state index in [1.54, 1.807) is 12.1 Å². The fourth-order valence-electron chi connectivity index (χ4n) is 1.87. The second-order valence-electron chi connectivity index (χ2n) is 4.97. The van der Waals surface area contributed by atoms with Gasteiger partial charge in [-0.05, 0) is 0 Å². The van der Waals surface area contributed by atoms with Gasteiger partial charge < -0.3 is 20.4 Å². The number of nitrogens with one attached hydrogen (secondary N) is 2. The summed E-state index contributed by atoms with van der Waals surface area (Å²) in [6.07, 6.45) is -3.68. The molecule has 128 valence electrons. The average molecular weight is 334 g/mol. The van der Waals surface area contributed by atoms with Gasteiger partial charge in [-0.25, -0.2) is 10.4 Å². The van der Waals surface area contributed by atoms with Gasteiger partial charge in [-0.15, -0.1) is 0 Å². The number of anilines is 1. The van der Waals surface area contributed by atoms with Gasteiger partial charge in [0.25, 0.3) is 5.56 Å². The van der Waals surface area contributed by atoms with Crippen LogP contribution < -0.4 is 11.0 Å². The molecule has 0 radical (unpaired) electrons. The number of hydrogen-bond donors (Lipinski definition) is 6. The van der Waals surface area contributed by atoms with Crippen LogP contribution >= 0.6 is 0 Å². The third-order valence-electron chi connectivity index (χ3n) is 3.14. The number of rotatable bonds is 7. The molecule has 1 heterocycles. The number of hydrazone groups is 1. The lowest BCUT2D eigenvalue weighted by atomic mass is 10.1. The molecular weight excluding hydrogens is 316 g/mol. The van der Waals surface area contributed by atoms with E-state index < -0.39 is 30.5 Å². The van der Waals surface area contributed by atoms with Gasteiger partial charge in [-0.3, -0.25) is 9.78 Å². The van der Waals surface area contributed by atoms with E-state index in [1.807, 2.05) is 18.2 Å². The molecule has 0 saturated heterocycles. The van der Waals surface area contributed by atoms with Crippen LogP contribution in [0.2, 0.25) is 0 Å². The highest BCUT2D eigenvalue weighted by molar-refractivity contribution is 5.65. The predicted molar refractivity (Wildman–Crippen MR) is 87.5 cm³/mol. The molecule has 2 rings (SSSR count). The Morgan fingerprint density at radius 1 is 1.25 bits per heavy atom. The van der Waals surface area contributed by atoms with Gasteiger partial charge in [0.05, 0.1) is 18.5 Å². The van der Waals surface area contributed by atoms with Gasteiger partial charge in [0.2, 0.25) is 5.95 Å². The zero-order valence-corrected chi connectivity index (χ0v) is 12.6. The summed E-state index contributed by atoms with van der Waals surface area (Å²) in [7, 11) is 0. The second-order valence-corrected chi connectivity index (χ2v) is 4.97. The number of nitrogens with zero attached hydrogens (tertiary/aromatic N) is 2. The minimum Gasteiger partial charge on any atom is -0.394 e. The van der Waals surface area contributed by atoms with Crippen molar-refractivity contribution in [2.24, 2.45) is 5.10 Å². The summed E-state index contributed by atoms with van der Waals surface area (Å²) in [6, 6.07) is 10.4. The largest absolute Gasteiger partial charge is 0.394 e. The lowest BCUT2D eigenvalue weighted by Gasteiger charge is -2.17. The Kier molecular flexibility index (Phi) is 6.15. The minimum absolute atomic E-state index is 0.0435. The second kappa shape index (κ2) is 8.31. The van der Waals surface area contributed by atoms with E-state index in [0.29, 0.717) is 5.69 Å². The van der Waals surface area contributed by atoms with Crippen molar-refractivity contribution in [2.75, 3.05) is 12.0 Å². The number of hydrogen-bond acceptors (Lipinski definition) is 8. The van der Waals surface area contributed by atoms with Crippen molar-refractivity contribution in [2.45, 2.75) is 18.3 Å². The molecule has 0 spiro atoms. The summed E-state index contributed by atoms with van der Waals surface area (Å²) >= 11 is 0. The summed E-state index contributed by atoms with van der Waals surface area (Å²) in [5, 5.41) is 40.6. The third-order valence-corrected chi connectivity index (χ3v) is 3.14. The van der Waals surface area contributed by atoms with E-state index in [2.05, 4.69) is 20.5 Å². The zero-order valence-electron chi connectivity index (χ0n) is 12.6. The highest BCUT2D eigenvalue weighted by Crippen LogP contribution is 2.15. The lowest BCUT2D eigenvalue weighted by Crippen LogP contribution is -2.40. The van der Waals surface area contributed by atoms with Crippen LogP contribution in [-0.2, 0) is 0 Å². The minimum atomic E-state index is -1.59. The Labute approximate surface area is 137 Å². The first-order chi connectivity index (χ1) is 11.5. The van der Waals surface area contributed by atoms with E-state index in [9.17, 15) is 20.1 Å². The van der Waals surface area contributed by atoms with Crippen LogP contribution in [0, 0.1) is 0 Å². The molecule has 0 fully saturated rings. The Morgan fingerprint density at radius 3 is 2.62 bits per heavy atom. The van der Waals surface area contributed by atoms with Crippen LogP contribution in [-0.4, -0.2) is 61.5 Å². The van der Waals surface area contributed by atoms with Crippen LogP contribution in [0.1, 0.15) is 0 Å². The van der Waals surface area contributed by atoms with Gasteiger partial charge in [-0.2, -0.15) is 5.10 Å². The molecule has 0 amide bonds. The topological polar surface area (TPSA) is 151 Å². The van der Waals surface area contributed by atoms with Crippen LogP contribution in [0.4, 0.5) is 5.95 Å². The molecule has 6 N–H and O–H groups in total. The summed E-state index contributed by atoms with van der Waals surface area (Å²) in [6.45, 7) is -0.701. The number of aromatic amines is 1. The molecule has 0 aliphatic heterocycles. The van der Waals surface area contributed by atoms with Crippen molar-refractivity contribution in [3.05, 3.63) is 46.8 Å². The van der Waals surface area contributed by atoms with Crippen molar-refractivity contribution >= 4 is 12.2 Å². The fraction of sp³-hybridized carbons (Fsp3) is 0.267. The molecule has 0 aliphatic carbocycles. The van der Waals surface area contributed by atoms with Crippen molar-refractivity contribution in [1.29, 1.82) is 0 Å². The standard InChI is InChI=1S/C15H18N4O5/c20-8-12(22)14(24)11(21)7-16-19-15-17-10(6-13(23)18-15)9-4-2-1-3-5-9/h1-7,11-12,14,20-22,24H,8H2,(H2,17,18,19,23)/b16-7+/t11-,12-,14+/m1/s1. The maximum atomic E-state index is 11.7. The van der Waals surface area contributed by atoms with E-state index in [0.717, 1.165) is 11.8 Å². The van der Waals surface area contributed by atoms with Gasteiger partial charge in [0, 0.05) is 11.6 Å². The molecule has 1 aromatic heterocycles. The molecule has 0 aliphatic rings. The molecule has 9 heteroatoms. The Morgan fingerprint density at radius 2 is 1.96 bits per heavy atom. The maximum absolute atomic E-state index is 11.7. The van der Waals surface area contributed by atoms with E-state index >= 15 is 0 Å². The third kappa shape index (κ3) is 4.70. The molecule has 2 aromatic rings. The van der Waals surface area contributed by atoms with E-state index in [4.69, 9.17) is 5.11 Å². The number of aromatic nitrogens is 2. The number of aliphatic hydroxyl groups excluding tert-OH is 4. The van der Waals surface area contributed by atoms with Crippen LogP contribution in [0.25, 0.3) is 11.3 Å². The van der Waals surface area contributed by atoms with E-state index in [1.165, 1.54) is 6.07 Å². The van der Waals surface area contributed by atoms with Gasteiger partial charge in [0.1, 0.15) is 18.3 Å². The number of benzene rings is 1. The van der Waals surface area contributed by atoms with Crippen LogP contribution in [0.3, 0.4) is 0 Å². The monoisotopic (exact) mass is 334 g/mol. The Hall–Kier alpha value is -2.59. The number of aliphatic hydroxyl groups is 4. The van der Waals surface area contributed by atoms with Crippen molar-refractivity contribution in [3.63, 3.8) is 0 Å². The SMILES string of the molecule is O=c1cc(-c2ccccc2)nc(N/N=C/[C@@H](O)[C@H](O)[C@H](O)CO)[nH]1. The maximum Gasteiger partial charge on any atom is 0.252 e. The first kappa shape index (κ1) is 17.8. The predicted octanol–water partition coefficient (Wildman–Crippen LogP) is -1.09. The van der Waals surface area contributed by atoms with Crippen LogP contribution in [0.15, 0.2) is 46.3 Å². The van der Waals surface area contributed by atoms with Crippen molar-refractivity contribution in [3.8, 4) is 11.3 Å². The van der Waals surface area contributed by atoms with Crippen molar-refractivity contribution in [1.82, 2.24) is 9.97 Å². The van der Waals surface area contributed by atoms with E-state index in [-0.39, 0.29) is 5.95 Å². The smallest absolute Gasteiger partial charge is 0.252 e. The molecule has 9 nitrogen and oxygen atoms in total. The molecule has 1 aromatic carbocycles. The first-order valence-corrected chi connectivity index (χ1v) is 7.12. The quantitative estimate of drug-likeness (QED) is 0.278. The normalized spacial score (nSPS) is 15.2. The fourth-order valence-corrected chi connectivity index (χ4v) is 1.87. The lowest BCUT2D eigenvalue weighted by molar-refractivity contribution is -0.0541. The average Bonchev–Trinajstić information content (AvgIpc) is 2.60. The Balaban J connectivity index is 2.09. The summed E-state index contributed by atoms with van der Waals surface area (Å²) in [5.74, 6) is 0.0435. The first-order valence-electron chi connectivity index (χ1n) is 7.12. The van der Waals surface area contributed by atoms with Crippen LogP contribution in [0.5, 0.6) is 0 Å². The highest BCUT2D eigenvalue weighted by atomic mass is 16.4. The van der Waals surface area contributed by atoms with Gasteiger partial charge >= 0.3 is 0 Å². The Bertz CT molecular complexity index is 734. The van der Waals surface area contributed by atoms with Crippen molar-refractivity contribution < 1.29 is 20.4 Å². The van der Waals surface area contributed by atoms with Gasteiger partial charge in [0.15, 0.2) is 0 Å². The van der Waals surface area contributed by atoms with Gasteiger partial charge in [-0.1, -0.05) is 30.3 Å².